The standard InChI is InChI=1S/C20H27BrN2O5/c1-4-27-20(26)15-9-11-23(12-10-15)18(24)13-22(3)19(25)14(2)28-17-7-5-16(21)6-8-17/h5-8,14-15H,4,9-13H2,1-3H3. The van der Waals surface area contributed by atoms with Crippen molar-refractivity contribution in [3.05, 3.63) is 28.7 Å². The van der Waals surface area contributed by atoms with E-state index < -0.39 is 6.10 Å². The van der Waals surface area contributed by atoms with E-state index in [2.05, 4.69) is 15.9 Å². The summed E-state index contributed by atoms with van der Waals surface area (Å²) in [5.41, 5.74) is 0. The van der Waals surface area contributed by atoms with E-state index in [9.17, 15) is 14.4 Å². The number of carbonyl (C=O) groups is 3. The van der Waals surface area contributed by atoms with E-state index in [1.165, 1.54) is 4.90 Å². The van der Waals surface area contributed by atoms with E-state index in [4.69, 9.17) is 9.47 Å². The number of ether oxygens (including phenoxy) is 2. The van der Waals surface area contributed by atoms with Crippen LogP contribution in [-0.4, -0.2) is 67.0 Å². The number of halogens is 1. The molecule has 0 aliphatic carbocycles. The molecule has 2 amide bonds. The zero-order chi connectivity index (χ0) is 20.7. The first kappa shape index (κ1) is 22.2. The molecule has 1 heterocycles. The number of hydrogen-bond donors (Lipinski definition) is 0. The van der Waals surface area contributed by atoms with E-state index in [0.717, 1.165) is 4.47 Å². The third-order valence-electron chi connectivity index (χ3n) is 4.69. The van der Waals surface area contributed by atoms with Crippen LogP contribution in [0.4, 0.5) is 0 Å². The molecule has 0 saturated carbocycles. The molecule has 0 aromatic heterocycles. The van der Waals surface area contributed by atoms with Crippen molar-refractivity contribution in [2.75, 3.05) is 33.3 Å². The van der Waals surface area contributed by atoms with Gasteiger partial charge in [-0.25, -0.2) is 0 Å². The van der Waals surface area contributed by atoms with Crippen LogP contribution in [0.2, 0.25) is 0 Å². The highest BCUT2D eigenvalue weighted by Gasteiger charge is 2.29. The predicted molar refractivity (Wildman–Crippen MR) is 108 cm³/mol. The summed E-state index contributed by atoms with van der Waals surface area (Å²) in [6, 6.07) is 7.21. The second-order valence-corrected chi connectivity index (χ2v) is 7.73. The Morgan fingerprint density at radius 1 is 1.21 bits per heavy atom. The fourth-order valence-corrected chi connectivity index (χ4v) is 3.35. The lowest BCUT2D eigenvalue weighted by Gasteiger charge is -2.32. The van der Waals surface area contributed by atoms with Gasteiger partial charge in [-0.2, -0.15) is 0 Å². The third kappa shape index (κ3) is 6.22. The largest absolute Gasteiger partial charge is 0.481 e. The average molecular weight is 455 g/mol. The molecule has 1 fully saturated rings. The molecule has 1 saturated heterocycles. The summed E-state index contributed by atoms with van der Waals surface area (Å²) in [5, 5.41) is 0. The highest BCUT2D eigenvalue weighted by molar-refractivity contribution is 9.10. The van der Waals surface area contributed by atoms with E-state index >= 15 is 0 Å². The summed E-state index contributed by atoms with van der Waals surface area (Å²) in [5.74, 6) is -0.153. The van der Waals surface area contributed by atoms with Gasteiger partial charge >= 0.3 is 5.97 Å². The summed E-state index contributed by atoms with van der Waals surface area (Å²) < 4.78 is 11.6. The molecule has 1 aromatic carbocycles. The number of carbonyl (C=O) groups excluding carboxylic acids is 3. The van der Waals surface area contributed by atoms with Crippen molar-refractivity contribution in [2.24, 2.45) is 5.92 Å². The first-order valence-electron chi connectivity index (χ1n) is 9.43. The lowest BCUT2D eigenvalue weighted by molar-refractivity contribution is -0.151. The molecule has 1 atom stereocenters. The Bertz CT molecular complexity index is 686. The van der Waals surface area contributed by atoms with Crippen molar-refractivity contribution in [3.63, 3.8) is 0 Å². The Balaban J connectivity index is 1.80. The molecule has 1 unspecified atom stereocenters. The van der Waals surface area contributed by atoms with Crippen LogP contribution in [-0.2, 0) is 19.1 Å². The molecule has 0 radical (unpaired) electrons. The number of hydrogen-bond acceptors (Lipinski definition) is 5. The van der Waals surface area contributed by atoms with Crippen LogP contribution in [0.5, 0.6) is 5.75 Å². The van der Waals surface area contributed by atoms with Crippen molar-refractivity contribution in [2.45, 2.75) is 32.8 Å². The normalized spacial score (nSPS) is 15.6. The monoisotopic (exact) mass is 454 g/mol. The van der Waals surface area contributed by atoms with Crippen molar-refractivity contribution < 1.29 is 23.9 Å². The Morgan fingerprint density at radius 3 is 2.39 bits per heavy atom. The minimum Gasteiger partial charge on any atom is -0.481 e. The van der Waals surface area contributed by atoms with E-state index in [0.29, 0.717) is 38.3 Å². The van der Waals surface area contributed by atoms with Gasteiger partial charge in [-0.05, 0) is 51.0 Å². The Morgan fingerprint density at radius 2 is 1.82 bits per heavy atom. The number of amides is 2. The first-order valence-corrected chi connectivity index (χ1v) is 10.2. The molecule has 0 N–H and O–H groups in total. The van der Waals surface area contributed by atoms with Gasteiger partial charge in [0.25, 0.3) is 5.91 Å². The third-order valence-corrected chi connectivity index (χ3v) is 5.22. The van der Waals surface area contributed by atoms with Gasteiger partial charge in [0.05, 0.1) is 19.1 Å². The smallest absolute Gasteiger partial charge is 0.309 e. The Kier molecular flexibility index (Phi) is 8.29. The van der Waals surface area contributed by atoms with Gasteiger partial charge in [0, 0.05) is 24.6 Å². The summed E-state index contributed by atoms with van der Waals surface area (Å²) >= 11 is 3.35. The van der Waals surface area contributed by atoms with Crippen LogP contribution in [0.25, 0.3) is 0 Å². The Hall–Kier alpha value is -2.09. The molecule has 0 bridgehead atoms. The predicted octanol–water partition coefficient (Wildman–Crippen LogP) is 2.48. The van der Waals surface area contributed by atoms with Gasteiger partial charge in [0.1, 0.15) is 5.75 Å². The van der Waals surface area contributed by atoms with Gasteiger partial charge in [0.2, 0.25) is 5.91 Å². The molecule has 0 spiro atoms. The second-order valence-electron chi connectivity index (χ2n) is 6.82. The molecule has 1 aliphatic heterocycles. The van der Waals surface area contributed by atoms with Gasteiger partial charge in [-0.1, -0.05) is 15.9 Å². The van der Waals surface area contributed by atoms with Gasteiger partial charge in [-0.15, -0.1) is 0 Å². The molecule has 28 heavy (non-hydrogen) atoms. The number of esters is 1. The van der Waals surface area contributed by atoms with Crippen LogP contribution >= 0.6 is 15.9 Å². The lowest BCUT2D eigenvalue weighted by Crippen LogP contribution is -2.47. The summed E-state index contributed by atoms with van der Waals surface area (Å²) in [6.07, 6.45) is 0.477. The van der Waals surface area contributed by atoms with E-state index in [-0.39, 0.29) is 30.2 Å². The van der Waals surface area contributed by atoms with Crippen LogP contribution in [0.15, 0.2) is 28.7 Å². The fourth-order valence-electron chi connectivity index (χ4n) is 3.08. The first-order chi connectivity index (χ1) is 13.3. The number of likely N-dealkylation sites (tertiary alicyclic amines) is 1. The lowest BCUT2D eigenvalue weighted by atomic mass is 9.97. The van der Waals surface area contributed by atoms with Gasteiger partial charge in [-0.3, -0.25) is 14.4 Å². The number of rotatable bonds is 7. The summed E-state index contributed by atoms with van der Waals surface area (Å²) in [7, 11) is 1.59. The van der Waals surface area contributed by atoms with Crippen LogP contribution in [0, 0.1) is 5.92 Å². The van der Waals surface area contributed by atoms with E-state index in [1.54, 1.807) is 37.9 Å². The number of benzene rings is 1. The molecule has 154 valence electrons. The van der Waals surface area contributed by atoms with E-state index in [1.807, 2.05) is 12.1 Å². The molecule has 2 rings (SSSR count). The fraction of sp³-hybridized carbons (Fsp3) is 0.550. The minimum atomic E-state index is -0.700. The van der Waals surface area contributed by atoms with Crippen LogP contribution < -0.4 is 4.74 Å². The van der Waals surface area contributed by atoms with Crippen molar-refractivity contribution >= 4 is 33.7 Å². The number of nitrogens with zero attached hydrogens (tertiary/aromatic N) is 2. The maximum atomic E-state index is 12.5. The quantitative estimate of drug-likeness (QED) is 0.591. The van der Waals surface area contributed by atoms with Gasteiger partial charge in [0.15, 0.2) is 6.10 Å². The van der Waals surface area contributed by atoms with Crippen LogP contribution in [0.1, 0.15) is 26.7 Å². The van der Waals surface area contributed by atoms with Crippen LogP contribution in [0.3, 0.4) is 0 Å². The van der Waals surface area contributed by atoms with Crippen molar-refractivity contribution in [1.82, 2.24) is 9.80 Å². The zero-order valence-electron chi connectivity index (χ0n) is 16.5. The second kappa shape index (κ2) is 10.5. The van der Waals surface area contributed by atoms with Gasteiger partial charge < -0.3 is 19.3 Å². The topological polar surface area (TPSA) is 76.2 Å². The summed E-state index contributed by atoms with van der Waals surface area (Å²) in [4.78, 5) is 39.9. The number of likely N-dealkylation sites (N-methyl/N-ethyl adjacent to an activating group) is 1. The molecule has 1 aromatic rings. The molecule has 7 nitrogen and oxygen atoms in total. The van der Waals surface area contributed by atoms with Crippen molar-refractivity contribution in [3.8, 4) is 5.75 Å². The van der Waals surface area contributed by atoms with Crippen molar-refractivity contribution in [1.29, 1.82) is 0 Å². The Labute approximate surface area is 174 Å². The maximum absolute atomic E-state index is 12.5. The minimum absolute atomic E-state index is 0.0169. The molecular weight excluding hydrogens is 428 g/mol. The maximum Gasteiger partial charge on any atom is 0.309 e. The molecule has 1 aliphatic rings. The molecule has 8 heteroatoms. The average Bonchev–Trinajstić information content (AvgIpc) is 2.69. The highest BCUT2D eigenvalue weighted by atomic mass is 79.9. The number of piperidine rings is 1. The summed E-state index contributed by atoms with van der Waals surface area (Å²) in [6.45, 7) is 4.79. The zero-order valence-corrected chi connectivity index (χ0v) is 18.1. The molecular formula is C20H27BrN2O5. The highest BCUT2D eigenvalue weighted by Crippen LogP contribution is 2.20. The SMILES string of the molecule is CCOC(=O)C1CCN(C(=O)CN(C)C(=O)C(C)Oc2ccc(Br)cc2)CC1.